The van der Waals surface area contributed by atoms with Crippen LogP contribution < -0.4 is 21.2 Å². The van der Waals surface area contributed by atoms with Gasteiger partial charge >= 0.3 is 21.2 Å². The van der Waals surface area contributed by atoms with Crippen molar-refractivity contribution in [3.8, 4) is 0 Å². The van der Waals surface area contributed by atoms with Crippen LogP contribution in [0, 0.1) is 2.88 Å². The summed E-state index contributed by atoms with van der Waals surface area (Å²) in [5.74, 6) is 0. The summed E-state index contributed by atoms with van der Waals surface area (Å²) in [6.45, 7) is 4.60. The Labute approximate surface area is 70.6 Å². The Morgan fingerprint density at radius 3 is 2.78 bits per heavy atom. The fraction of sp³-hybridized carbons (Fsp3) is 0.429. The van der Waals surface area contributed by atoms with Gasteiger partial charge in [-0.3, -0.25) is 0 Å². The first kappa shape index (κ1) is 7.54. The van der Waals surface area contributed by atoms with Crippen LogP contribution >= 0.6 is 11.3 Å². The van der Waals surface area contributed by atoms with Gasteiger partial charge in [0.2, 0.25) is 2.88 Å². The number of rotatable bonds is 2. The van der Waals surface area contributed by atoms with Crippen molar-refractivity contribution in [1.82, 2.24) is 0 Å². The van der Waals surface area contributed by atoms with E-state index in [0.717, 1.165) is 3.92 Å². The summed E-state index contributed by atoms with van der Waals surface area (Å²) in [5.41, 5.74) is 0. The van der Waals surface area contributed by atoms with Crippen molar-refractivity contribution < 1.29 is 21.2 Å². The molecule has 0 aliphatic rings. The van der Waals surface area contributed by atoms with Gasteiger partial charge in [0.05, 0.1) is 0 Å². The second kappa shape index (κ2) is 3.56. The van der Waals surface area contributed by atoms with E-state index < -0.39 is 0 Å². The molecular formula is C7H10IS+. The third-order valence-electron chi connectivity index (χ3n) is 0.812. The monoisotopic (exact) mass is 253 g/mol. The summed E-state index contributed by atoms with van der Waals surface area (Å²) >= 11 is 2.22. The SMILES string of the molecule is CC(C)[I+]c1cccs1. The summed E-state index contributed by atoms with van der Waals surface area (Å²) in [6.07, 6.45) is 0. The third kappa shape index (κ3) is 2.67. The first-order chi connectivity index (χ1) is 4.29. The molecule has 0 radical (unpaired) electrons. The van der Waals surface area contributed by atoms with Crippen molar-refractivity contribution in [1.29, 1.82) is 0 Å². The number of thiophene rings is 1. The molecule has 1 aromatic rings. The van der Waals surface area contributed by atoms with Gasteiger partial charge in [-0.05, 0) is 25.3 Å². The molecule has 0 nitrogen and oxygen atoms in total. The Kier molecular flexibility index (Phi) is 2.98. The van der Waals surface area contributed by atoms with Crippen LogP contribution in [-0.2, 0) is 0 Å². The molecule has 0 aliphatic heterocycles. The molecule has 0 unspecified atom stereocenters. The van der Waals surface area contributed by atoms with Crippen LogP contribution in [0.25, 0.3) is 0 Å². The van der Waals surface area contributed by atoms with Gasteiger partial charge in [0.25, 0.3) is 0 Å². The molecule has 0 spiro atoms. The van der Waals surface area contributed by atoms with Crippen LogP contribution in [0.2, 0.25) is 0 Å². The lowest BCUT2D eigenvalue weighted by Gasteiger charge is -1.79. The summed E-state index contributed by atoms with van der Waals surface area (Å²) < 4.78 is 2.52. The minimum absolute atomic E-state index is 0.323. The van der Waals surface area contributed by atoms with Crippen LogP contribution in [0.15, 0.2) is 17.5 Å². The summed E-state index contributed by atoms with van der Waals surface area (Å²) in [4.78, 5) is 0. The Hall–Kier alpha value is 0.430. The largest absolute Gasteiger partial charge is 0.327 e. The maximum atomic E-state index is 2.30. The van der Waals surface area contributed by atoms with Gasteiger partial charge in [0.15, 0.2) is 3.92 Å². The van der Waals surface area contributed by atoms with Crippen molar-refractivity contribution >= 4 is 11.3 Å². The Morgan fingerprint density at radius 2 is 2.33 bits per heavy atom. The molecule has 0 bridgehead atoms. The van der Waals surface area contributed by atoms with Crippen molar-refractivity contribution in [3.05, 3.63) is 20.4 Å². The zero-order valence-electron chi connectivity index (χ0n) is 5.60. The fourth-order valence-electron chi connectivity index (χ4n) is 0.536. The van der Waals surface area contributed by atoms with Crippen molar-refractivity contribution in [2.24, 2.45) is 0 Å². The molecule has 50 valence electrons. The molecule has 2 heteroatoms. The second-order valence-electron chi connectivity index (χ2n) is 2.04. The van der Waals surface area contributed by atoms with Gasteiger partial charge < -0.3 is 0 Å². The lowest BCUT2D eigenvalue weighted by molar-refractivity contribution is -0.650. The van der Waals surface area contributed by atoms with E-state index in [1.54, 1.807) is 2.88 Å². The highest BCUT2D eigenvalue weighted by Gasteiger charge is 2.15. The minimum Gasteiger partial charge on any atom is -0.0967 e. The molecule has 0 fully saturated rings. The second-order valence-corrected chi connectivity index (χ2v) is 8.00. The number of alkyl halides is 1. The van der Waals surface area contributed by atoms with Crippen LogP contribution in [0.3, 0.4) is 0 Å². The molecule has 0 aliphatic carbocycles. The number of hydrogen-bond donors (Lipinski definition) is 0. The van der Waals surface area contributed by atoms with Crippen molar-refractivity contribution in [3.63, 3.8) is 0 Å². The summed E-state index contributed by atoms with van der Waals surface area (Å²) in [6, 6.07) is 4.39. The predicted octanol–water partition coefficient (Wildman–Crippen LogP) is -0.585. The topological polar surface area (TPSA) is 0 Å². The first-order valence-electron chi connectivity index (χ1n) is 2.96. The van der Waals surface area contributed by atoms with Gasteiger partial charge in [-0.2, -0.15) is 0 Å². The highest BCUT2D eigenvalue weighted by molar-refractivity contribution is 7.07. The minimum atomic E-state index is 0.323. The van der Waals surface area contributed by atoms with E-state index in [2.05, 4.69) is 31.4 Å². The zero-order valence-corrected chi connectivity index (χ0v) is 8.57. The lowest BCUT2D eigenvalue weighted by Crippen LogP contribution is -3.64. The highest BCUT2D eigenvalue weighted by Crippen LogP contribution is 1.93. The Balaban J connectivity index is 2.48. The summed E-state index contributed by atoms with van der Waals surface area (Å²) in [5, 5.41) is 2.16. The molecule has 1 aromatic heterocycles. The Bertz CT molecular complexity index is 155. The van der Waals surface area contributed by atoms with Gasteiger partial charge in [-0.15, -0.1) is 0 Å². The molecule has 0 N–H and O–H groups in total. The predicted molar refractivity (Wildman–Crippen MR) is 38.2 cm³/mol. The van der Waals surface area contributed by atoms with Crippen LogP contribution in [-0.4, -0.2) is 3.92 Å². The van der Waals surface area contributed by atoms with Gasteiger partial charge in [0.1, 0.15) is 0 Å². The van der Waals surface area contributed by atoms with E-state index in [1.807, 2.05) is 11.3 Å². The van der Waals surface area contributed by atoms with Gasteiger partial charge in [-0.25, -0.2) is 0 Å². The fourth-order valence-corrected chi connectivity index (χ4v) is 4.75. The molecule has 0 saturated carbocycles. The maximum absolute atomic E-state index is 2.30. The zero-order chi connectivity index (χ0) is 6.69. The van der Waals surface area contributed by atoms with Crippen LogP contribution in [0.1, 0.15) is 13.8 Å². The molecule has 1 rings (SSSR count). The van der Waals surface area contributed by atoms with E-state index in [9.17, 15) is 0 Å². The smallest absolute Gasteiger partial charge is 0.0967 e. The van der Waals surface area contributed by atoms with Crippen molar-refractivity contribution in [2.45, 2.75) is 17.8 Å². The van der Waals surface area contributed by atoms with Gasteiger partial charge in [-0.1, -0.05) is 11.3 Å². The first-order valence-corrected chi connectivity index (χ1v) is 6.16. The molecule has 0 aromatic carbocycles. The third-order valence-corrected chi connectivity index (χ3v) is 5.05. The molecule has 0 amide bonds. The Morgan fingerprint density at radius 1 is 1.56 bits per heavy atom. The quantitative estimate of drug-likeness (QED) is 0.488. The molecular weight excluding hydrogens is 243 g/mol. The molecule has 0 atom stereocenters. The lowest BCUT2D eigenvalue weighted by atomic mass is 10.6. The van der Waals surface area contributed by atoms with Gasteiger partial charge in [0, 0.05) is 6.07 Å². The van der Waals surface area contributed by atoms with Crippen LogP contribution in [0.5, 0.6) is 0 Å². The van der Waals surface area contributed by atoms with E-state index in [4.69, 9.17) is 0 Å². The van der Waals surface area contributed by atoms with Crippen molar-refractivity contribution in [2.75, 3.05) is 0 Å². The normalized spacial score (nSPS) is 10.6. The van der Waals surface area contributed by atoms with E-state index in [-0.39, 0.29) is 0 Å². The highest BCUT2D eigenvalue weighted by atomic mass is 127. The van der Waals surface area contributed by atoms with Crippen LogP contribution in [0.4, 0.5) is 0 Å². The van der Waals surface area contributed by atoms with E-state index in [0.29, 0.717) is 21.2 Å². The average Bonchev–Trinajstić information content (AvgIpc) is 2.15. The standard InChI is InChI=1S/C7H10IS/c1-6(2)8-7-4-3-5-9-7/h3-6H,1-2H3/q+1. The molecule has 9 heavy (non-hydrogen) atoms. The maximum Gasteiger partial charge on any atom is 0.327 e. The summed E-state index contributed by atoms with van der Waals surface area (Å²) in [7, 11) is 0. The van der Waals surface area contributed by atoms with E-state index in [1.165, 1.54) is 0 Å². The molecule has 1 heterocycles. The number of hydrogen-bond acceptors (Lipinski definition) is 1. The molecule has 0 saturated heterocycles. The van der Waals surface area contributed by atoms with E-state index >= 15 is 0 Å². The number of halogens is 1. The average molecular weight is 253 g/mol.